The summed E-state index contributed by atoms with van der Waals surface area (Å²) in [5.41, 5.74) is 8.29. The molecule has 1 aromatic heterocycles. The number of hydrogen-bond acceptors (Lipinski definition) is 3. The van der Waals surface area contributed by atoms with Gasteiger partial charge in [0, 0.05) is 17.1 Å². The highest BCUT2D eigenvalue weighted by Crippen LogP contribution is 2.20. The van der Waals surface area contributed by atoms with E-state index in [1.807, 2.05) is 36.5 Å². The summed E-state index contributed by atoms with van der Waals surface area (Å²) in [6.45, 7) is 0. The minimum Gasteiger partial charge on any atom is -0.369 e. The first-order chi connectivity index (χ1) is 10.2. The number of carbonyl (C=O) groups is 2. The van der Waals surface area contributed by atoms with Gasteiger partial charge in [-0.2, -0.15) is 5.10 Å². The van der Waals surface area contributed by atoms with Crippen LogP contribution in [0, 0.1) is 0 Å². The summed E-state index contributed by atoms with van der Waals surface area (Å²) in [7, 11) is 0. The van der Waals surface area contributed by atoms with E-state index in [1.54, 1.807) is 16.8 Å². The summed E-state index contributed by atoms with van der Waals surface area (Å²) in [6.07, 6.45) is 2.85. The van der Waals surface area contributed by atoms with E-state index in [4.69, 9.17) is 5.73 Å². The molecule has 0 spiro atoms. The normalized spacial score (nSPS) is 10.7. The summed E-state index contributed by atoms with van der Waals surface area (Å²) in [6, 6.07) is 12.8. The minimum atomic E-state index is -0.382. The molecule has 0 fully saturated rings. The topological polar surface area (TPSA) is 78.0 Å². The van der Waals surface area contributed by atoms with Crippen LogP contribution in [-0.4, -0.2) is 22.0 Å². The molecule has 5 heteroatoms. The van der Waals surface area contributed by atoms with Crippen molar-refractivity contribution in [1.29, 1.82) is 0 Å². The zero-order valence-electron chi connectivity index (χ0n) is 11.2. The molecule has 5 nitrogen and oxygen atoms in total. The number of fused-ring (bicyclic) bond motifs is 1. The summed E-state index contributed by atoms with van der Waals surface area (Å²) in [4.78, 5) is 21.8. The van der Waals surface area contributed by atoms with Crippen LogP contribution in [0.4, 0.5) is 0 Å². The Balaban J connectivity index is 2.07. The Morgan fingerprint density at radius 2 is 1.95 bits per heavy atom. The van der Waals surface area contributed by atoms with E-state index in [9.17, 15) is 9.59 Å². The lowest BCUT2D eigenvalue weighted by atomic mass is 10.1. The largest absolute Gasteiger partial charge is 0.369 e. The molecule has 0 unspecified atom stereocenters. The Hall–Kier alpha value is -2.95. The van der Waals surface area contributed by atoms with Crippen molar-refractivity contribution in [3.8, 4) is 5.69 Å². The average Bonchev–Trinajstić information content (AvgIpc) is 2.92. The van der Waals surface area contributed by atoms with Gasteiger partial charge in [-0.1, -0.05) is 18.2 Å². The van der Waals surface area contributed by atoms with Gasteiger partial charge in [-0.15, -0.1) is 0 Å². The maximum atomic E-state index is 11.1. The van der Waals surface area contributed by atoms with Crippen LogP contribution < -0.4 is 5.73 Å². The van der Waals surface area contributed by atoms with E-state index in [0.717, 1.165) is 28.4 Å². The number of aldehydes is 1. The first-order valence-electron chi connectivity index (χ1n) is 6.48. The number of rotatable bonds is 4. The highest BCUT2D eigenvalue weighted by molar-refractivity contribution is 5.87. The molecule has 3 rings (SSSR count). The van der Waals surface area contributed by atoms with Gasteiger partial charge in [0.05, 0.1) is 17.6 Å². The van der Waals surface area contributed by atoms with E-state index < -0.39 is 0 Å². The summed E-state index contributed by atoms with van der Waals surface area (Å²) in [5, 5.41) is 5.45. The summed E-state index contributed by atoms with van der Waals surface area (Å²) >= 11 is 0. The molecule has 0 aliphatic carbocycles. The molecule has 0 saturated carbocycles. The average molecular weight is 279 g/mol. The van der Waals surface area contributed by atoms with Crippen molar-refractivity contribution in [3.63, 3.8) is 0 Å². The Morgan fingerprint density at radius 3 is 2.62 bits per heavy atom. The predicted octanol–water partition coefficient (Wildman–Crippen LogP) is 1.87. The van der Waals surface area contributed by atoms with E-state index in [1.165, 1.54) is 0 Å². The molecule has 0 bridgehead atoms. The second-order valence-electron chi connectivity index (χ2n) is 4.78. The van der Waals surface area contributed by atoms with Crippen LogP contribution in [0.15, 0.2) is 48.7 Å². The number of benzene rings is 2. The van der Waals surface area contributed by atoms with Crippen molar-refractivity contribution >= 4 is 23.1 Å². The van der Waals surface area contributed by atoms with Crippen molar-refractivity contribution in [3.05, 3.63) is 59.8 Å². The third-order valence-electron chi connectivity index (χ3n) is 3.28. The molecule has 0 atom stereocenters. The fourth-order valence-corrected chi connectivity index (χ4v) is 2.27. The number of aromatic nitrogens is 2. The highest BCUT2D eigenvalue weighted by Gasteiger charge is 2.09. The second kappa shape index (κ2) is 5.20. The van der Waals surface area contributed by atoms with Gasteiger partial charge in [-0.05, 0) is 29.8 Å². The number of nitrogens with zero attached hydrogens (tertiary/aromatic N) is 2. The standard InChI is InChI=1S/C16H13N3O2/c17-15(21)8-12-2-1-3-13-9-19(18-16(12)13)14-6-4-11(10-20)5-7-14/h1-7,9-10H,8H2,(H2,17,21). The van der Waals surface area contributed by atoms with E-state index in [-0.39, 0.29) is 12.3 Å². The lowest BCUT2D eigenvalue weighted by Gasteiger charge is -2.01. The quantitative estimate of drug-likeness (QED) is 0.740. The second-order valence-corrected chi connectivity index (χ2v) is 4.78. The molecule has 2 aromatic carbocycles. The Morgan fingerprint density at radius 1 is 1.19 bits per heavy atom. The molecule has 21 heavy (non-hydrogen) atoms. The number of hydrogen-bond donors (Lipinski definition) is 1. The van der Waals surface area contributed by atoms with E-state index >= 15 is 0 Å². The van der Waals surface area contributed by atoms with Crippen molar-refractivity contribution < 1.29 is 9.59 Å². The number of amides is 1. The van der Waals surface area contributed by atoms with E-state index in [0.29, 0.717) is 5.56 Å². The first kappa shape index (κ1) is 13.1. The molecule has 1 heterocycles. The van der Waals surface area contributed by atoms with Crippen LogP contribution in [0.3, 0.4) is 0 Å². The highest BCUT2D eigenvalue weighted by atomic mass is 16.1. The fraction of sp³-hybridized carbons (Fsp3) is 0.0625. The van der Waals surface area contributed by atoms with Gasteiger partial charge in [0.1, 0.15) is 6.29 Å². The minimum absolute atomic E-state index is 0.165. The Bertz CT molecular complexity index is 819. The van der Waals surface area contributed by atoms with Gasteiger partial charge in [0.15, 0.2) is 0 Å². The first-order valence-corrected chi connectivity index (χ1v) is 6.48. The zero-order chi connectivity index (χ0) is 14.8. The van der Waals surface area contributed by atoms with Crippen molar-refractivity contribution in [2.75, 3.05) is 0 Å². The number of nitrogens with two attached hydrogens (primary N) is 1. The molecular formula is C16H13N3O2. The third kappa shape index (κ3) is 2.53. The Kier molecular flexibility index (Phi) is 3.23. The third-order valence-corrected chi connectivity index (χ3v) is 3.28. The van der Waals surface area contributed by atoms with Crippen LogP contribution in [0.25, 0.3) is 16.6 Å². The number of primary amides is 1. The SMILES string of the molecule is NC(=O)Cc1cccc2cn(-c3ccc(C=O)cc3)nc12. The number of carbonyl (C=O) groups excluding carboxylic acids is 2. The van der Waals surface area contributed by atoms with Gasteiger partial charge in [0.2, 0.25) is 5.91 Å². The van der Waals surface area contributed by atoms with Crippen molar-refractivity contribution in [2.24, 2.45) is 5.73 Å². The van der Waals surface area contributed by atoms with Crippen molar-refractivity contribution in [1.82, 2.24) is 9.78 Å². The molecule has 0 radical (unpaired) electrons. The molecule has 2 N–H and O–H groups in total. The van der Waals surface area contributed by atoms with Gasteiger partial charge in [-0.25, -0.2) is 4.68 Å². The van der Waals surface area contributed by atoms with Gasteiger partial charge < -0.3 is 5.73 Å². The monoisotopic (exact) mass is 279 g/mol. The fourth-order valence-electron chi connectivity index (χ4n) is 2.27. The van der Waals surface area contributed by atoms with Crippen LogP contribution in [-0.2, 0) is 11.2 Å². The molecule has 104 valence electrons. The lowest BCUT2D eigenvalue weighted by Crippen LogP contribution is -2.13. The van der Waals surface area contributed by atoms with Crippen LogP contribution in [0.1, 0.15) is 15.9 Å². The summed E-state index contributed by atoms with van der Waals surface area (Å²) in [5.74, 6) is -0.382. The van der Waals surface area contributed by atoms with Crippen molar-refractivity contribution in [2.45, 2.75) is 6.42 Å². The van der Waals surface area contributed by atoms with Crippen LogP contribution >= 0.6 is 0 Å². The molecule has 0 aliphatic rings. The predicted molar refractivity (Wildman–Crippen MR) is 79.4 cm³/mol. The lowest BCUT2D eigenvalue weighted by molar-refractivity contribution is -0.117. The van der Waals surface area contributed by atoms with Gasteiger partial charge in [-0.3, -0.25) is 9.59 Å². The van der Waals surface area contributed by atoms with E-state index in [2.05, 4.69) is 5.10 Å². The summed E-state index contributed by atoms with van der Waals surface area (Å²) < 4.78 is 1.73. The van der Waals surface area contributed by atoms with Gasteiger partial charge >= 0.3 is 0 Å². The Labute approximate surface area is 121 Å². The van der Waals surface area contributed by atoms with Gasteiger partial charge in [0.25, 0.3) is 0 Å². The molecule has 0 saturated heterocycles. The molecule has 3 aromatic rings. The molecule has 0 aliphatic heterocycles. The van der Waals surface area contributed by atoms with Crippen LogP contribution in [0.5, 0.6) is 0 Å². The molecular weight excluding hydrogens is 266 g/mol. The molecule has 1 amide bonds. The zero-order valence-corrected chi connectivity index (χ0v) is 11.2. The maximum Gasteiger partial charge on any atom is 0.221 e. The maximum absolute atomic E-state index is 11.1. The van der Waals surface area contributed by atoms with Crippen LogP contribution in [0.2, 0.25) is 0 Å². The smallest absolute Gasteiger partial charge is 0.221 e.